The zero-order valence-corrected chi connectivity index (χ0v) is 10.6. The second kappa shape index (κ2) is 5.89. The van der Waals surface area contributed by atoms with Crippen LogP contribution in [-0.4, -0.2) is 10.4 Å². The Hall–Kier alpha value is -1.25. The monoisotopic (exact) mass is 244 g/mol. The van der Waals surface area contributed by atoms with E-state index in [0.29, 0.717) is 0 Å². The quantitative estimate of drug-likeness (QED) is 0.823. The van der Waals surface area contributed by atoms with Gasteiger partial charge in [-0.2, -0.15) is 0 Å². The first kappa shape index (κ1) is 12.2. The smallest absolute Gasteiger partial charge is 0.0909 e. The Kier molecular flexibility index (Phi) is 4.24. The summed E-state index contributed by atoms with van der Waals surface area (Å²) in [4.78, 5) is 1.19. The average Bonchev–Trinajstić information content (AvgIpc) is 2.40. The van der Waals surface area contributed by atoms with E-state index in [4.69, 9.17) is 0 Å². The summed E-state index contributed by atoms with van der Waals surface area (Å²) in [6.07, 6.45) is -0.429. The minimum atomic E-state index is -0.429. The van der Waals surface area contributed by atoms with Crippen LogP contribution in [0.1, 0.15) is 18.6 Å². The summed E-state index contributed by atoms with van der Waals surface area (Å²) < 4.78 is 0. The summed E-state index contributed by atoms with van der Waals surface area (Å²) in [7, 11) is 0. The molecule has 2 heteroatoms. The molecule has 0 radical (unpaired) electrons. The maximum atomic E-state index is 10.2. The molecule has 2 rings (SSSR count). The van der Waals surface area contributed by atoms with Gasteiger partial charge >= 0.3 is 0 Å². The molecular weight excluding hydrogens is 228 g/mol. The lowest BCUT2D eigenvalue weighted by molar-refractivity contribution is 0.179. The van der Waals surface area contributed by atoms with Crippen molar-refractivity contribution in [2.45, 2.75) is 23.2 Å². The second-order valence-electron chi connectivity index (χ2n) is 3.99. The maximum Gasteiger partial charge on any atom is 0.0909 e. The van der Waals surface area contributed by atoms with Gasteiger partial charge < -0.3 is 5.11 Å². The molecule has 0 aliphatic rings. The molecule has 0 heterocycles. The predicted octanol–water partition coefficient (Wildman–Crippen LogP) is 3.90. The first-order valence-corrected chi connectivity index (χ1v) is 6.60. The molecule has 0 amide bonds. The highest BCUT2D eigenvalue weighted by Crippen LogP contribution is 2.31. The van der Waals surface area contributed by atoms with Gasteiger partial charge in [0.1, 0.15) is 0 Å². The van der Waals surface area contributed by atoms with Gasteiger partial charge in [-0.15, -0.1) is 11.8 Å². The lowest BCUT2D eigenvalue weighted by atomic mass is 10.1. The number of hydrogen-bond acceptors (Lipinski definition) is 2. The normalized spacial score (nSPS) is 14.2. The number of benzene rings is 2. The van der Waals surface area contributed by atoms with Gasteiger partial charge in [0.25, 0.3) is 0 Å². The van der Waals surface area contributed by atoms with Crippen LogP contribution in [0.3, 0.4) is 0 Å². The fourth-order valence-corrected chi connectivity index (χ4v) is 2.73. The molecule has 0 bridgehead atoms. The van der Waals surface area contributed by atoms with E-state index in [-0.39, 0.29) is 5.25 Å². The van der Waals surface area contributed by atoms with Crippen LogP contribution in [0.4, 0.5) is 0 Å². The van der Waals surface area contributed by atoms with Gasteiger partial charge in [-0.05, 0) is 17.7 Å². The van der Waals surface area contributed by atoms with Gasteiger partial charge in [-0.25, -0.2) is 0 Å². The van der Waals surface area contributed by atoms with E-state index in [1.54, 1.807) is 11.8 Å². The molecule has 2 aromatic rings. The van der Waals surface area contributed by atoms with E-state index in [0.717, 1.165) is 5.56 Å². The van der Waals surface area contributed by atoms with Gasteiger partial charge in [-0.3, -0.25) is 0 Å². The third kappa shape index (κ3) is 3.35. The van der Waals surface area contributed by atoms with Crippen molar-refractivity contribution in [3.8, 4) is 0 Å². The maximum absolute atomic E-state index is 10.2. The van der Waals surface area contributed by atoms with E-state index in [2.05, 4.69) is 19.1 Å². The molecule has 0 aliphatic heterocycles. The van der Waals surface area contributed by atoms with Crippen LogP contribution in [0.25, 0.3) is 0 Å². The Bertz CT molecular complexity index is 441. The highest BCUT2D eigenvalue weighted by atomic mass is 32.2. The fraction of sp³-hybridized carbons (Fsp3) is 0.200. The summed E-state index contributed by atoms with van der Waals surface area (Å²) in [5.74, 6) is 0. The van der Waals surface area contributed by atoms with Crippen LogP contribution in [0.2, 0.25) is 0 Å². The molecule has 1 N–H and O–H groups in total. The standard InChI is InChI=1S/C15H16OS/c1-12(17-14-10-6-3-7-11-14)15(16)13-8-4-2-5-9-13/h2-12,15-16H,1H3. The van der Waals surface area contributed by atoms with E-state index < -0.39 is 6.10 Å². The minimum absolute atomic E-state index is 0.139. The lowest BCUT2D eigenvalue weighted by Crippen LogP contribution is -2.10. The zero-order chi connectivity index (χ0) is 12.1. The summed E-state index contributed by atoms with van der Waals surface area (Å²) in [6, 6.07) is 20.0. The molecule has 88 valence electrons. The van der Waals surface area contributed by atoms with Gasteiger partial charge in [0.2, 0.25) is 0 Å². The average molecular weight is 244 g/mol. The molecule has 2 unspecified atom stereocenters. The highest BCUT2D eigenvalue weighted by Gasteiger charge is 2.16. The van der Waals surface area contributed by atoms with Crippen molar-refractivity contribution < 1.29 is 5.11 Å². The summed E-state index contributed by atoms with van der Waals surface area (Å²) in [5.41, 5.74) is 0.975. The SMILES string of the molecule is CC(Sc1ccccc1)C(O)c1ccccc1. The minimum Gasteiger partial charge on any atom is -0.387 e. The highest BCUT2D eigenvalue weighted by molar-refractivity contribution is 8.00. The first-order chi connectivity index (χ1) is 8.27. The zero-order valence-electron chi connectivity index (χ0n) is 9.78. The van der Waals surface area contributed by atoms with E-state index in [1.807, 2.05) is 48.5 Å². The molecule has 2 aromatic carbocycles. The van der Waals surface area contributed by atoms with Gasteiger partial charge in [-0.1, -0.05) is 55.5 Å². The molecule has 2 atom stereocenters. The number of aliphatic hydroxyl groups excluding tert-OH is 1. The summed E-state index contributed by atoms with van der Waals surface area (Å²) >= 11 is 1.70. The molecule has 0 aromatic heterocycles. The van der Waals surface area contributed by atoms with E-state index >= 15 is 0 Å². The summed E-state index contributed by atoms with van der Waals surface area (Å²) in [6.45, 7) is 2.05. The fourth-order valence-electron chi connectivity index (χ4n) is 1.70. The molecule has 0 fully saturated rings. The first-order valence-electron chi connectivity index (χ1n) is 5.72. The third-order valence-corrected chi connectivity index (χ3v) is 3.82. The Labute approximate surface area is 107 Å². The van der Waals surface area contributed by atoms with Crippen molar-refractivity contribution in [1.29, 1.82) is 0 Å². The molecule has 0 spiro atoms. The number of aliphatic hydroxyl groups is 1. The van der Waals surface area contributed by atoms with Crippen molar-refractivity contribution in [2.75, 3.05) is 0 Å². The van der Waals surface area contributed by atoms with Crippen molar-refractivity contribution in [3.05, 3.63) is 66.2 Å². The van der Waals surface area contributed by atoms with Crippen LogP contribution < -0.4 is 0 Å². The van der Waals surface area contributed by atoms with Crippen molar-refractivity contribution >= 4 is 11.8 Å². The van der Waals surface area contributed by atoms with E-state index in [1.165, 1.54) is 4.90 Å². The predicted molar refractivity (Wildman–Crippen MR) is 73.2 cm³/mol. The second-order valence-corrected chi connectivity index (χ2v) is 5.44. The molecule has 1 nitrogen and oxygen atoms in total. The van der Waals surface area contributed by atoms with Crippen LogP contribution in [0.15, 0.2) is 65.6 Å². The van der Waals surface area contributed by atoms with Crippen LogP contribution >= 0.6 is 11.8 Å². The molecular formula is C15H16OS. The molecule has 0 saturated heterocycles. The third-order valence-electron chi connectivity index (χ3n) is 2.65. The van der Waals surface area contributed by atoms with E-state index in [9.17, 15) is 5.11 Å². The van der Waals surface area contributed by atoms with Gasteiger partial charge in [0.15, 0.2) is 0 Å². The number of hydrogen-bond donors (Lipinski definition) is 1. The largest absolute Gasteiger partial charge is 0.387 e. The van der Waals surface area contributed by atoms with Gasteiger partial charge in [0, 0.05) is 10.1 Å². The Morgan fingerprint density at radius 1 is 0.882 bits per heavy atom. The van der Waals surface area contributed by atoms with Crippen molar-refractivity contribution in [3.63, 3.8) is 0 Å². The number of thioether (sulfide) groups is 1. The van der Waals surface area contributed by atoms with Gasteiger partial charge in [0.05, 0.1) is 6.10 Å². The molecule has 0 saturated carbocycles. The van der Waals surface area contributed by atoms with Crippen molar-refractivity contribution in [2.24, 2.45) is 0 Å². The van der Waals surface area contributed by atoms with Crippen molar-refractivity contribution in [1.82, 2.24) is 0 Å². The van der Waals surface area contributed by atoms with Crippen LogP contribution in [0, 0.1) is 0 Å². The van der Waals surface area contributed by atoms with Crippen LogP contribution in [-0.2, 0) is 0 Å². The van der Waals surface area contributed by atoms with Crippen LogP contribution in [0.5, 0.6) is 0 Å². The Balaban J connectivity index is 2.03. The Morgan fingerprint density at radius 2 is 1.41 bits per heavy atom. The molecule has 0 aliphatic carbocycles. The molecule has 17 heavy (non-hydrogen) atoms. The number of rotatable bonds is 4. The topological polar surface area (TPSA) is 20.2 Å². The Morgan fingerprint density at radius 3 is 2.00 bits per heavy atom. The lowest BCUT2D eigenvalue weighted by Gasteiger charge is -2.18. The summed E-state index contributed by atoms with van der Waals surface area (Å²) in [5, 5.41) is 10.4.